The van der Waals surface area contributed by atoms with E-state index in [0.717, 1.165) is 13.8 Å². The van der Waals surface area contributed by atoms with E-state index in [4.69, 9.17) is 45.9 Å². The fourth-order valence-electron chi connectivity index (χ4n) is 11.0. The Bertz CT molecular complexity index is 2820. The van der Waals surface area contributed by atoms with Crippen LogP contribution in [0, 0.1) is 11.8 Å². The Morgan fingerprint density at radius 2 is 0.937 bits per heavy atom. The molecule has 0 bridgehead atoms. The van der Waals surface area contributed by atoms with Crippen molar-refractivity contribution in [2.75, 3.05) is 32.7 Å². The lowest BCUT2D eigenvalue weighted by molar-refractivity contribution is -0.143. The molecule has 3 rings (SSSR count). The van der Waals surface area contributed by atoms with Crippen molar-refractivity contribution >= 4 is 82.8 Å². The standard InChI is InChI=1S/C61H104N20O14/c1-32(2)28-41(51(87)74-40(49(65)85)30-36-16-8-7-9-17-36)75-53(89)43(31-46(64)84)76-52(88)42(29-33(3)4)77-56(92)47(34(5)82)79-57(93)48(35(6)83)78-55(91)45-22-15-27-81(45)59(95)39(20-13-25-71-61(68)69)73-50(86)38(19-10-11-23-62)72-54(90)44-21-14-26-80(44)58(94)37(63)18-12-24-70-60(66)67/h7-9,16-17,32-35,37-45,47-48,82-83H,10-15,18-31,62-63H2,1-6H3,(H2,64,84)(H2,65,85)(H,72,90)(H,73,86)(H,74,87)(H,75,89)(H,76,88)(H,77,92)(H,78,91)(H,79,93)(H4,66,67,70)(H4,68,69,71)/t34-,35-,37+,38+,39+,40+,41+,42+,43+,44+,45+,47+,48+/m1/s1. The van der Waals surface area contributed by atoms with E-state index in [-0.39, 0.29) is 121 Å². The molecule has 0 aliphatic carbocycles. The van der Waals surface area contributed by atoms with Gasteiger partial charge in [-0.05, 0) is 121 Å². The lowest BCUT2D eigenvalue weighted by Crippen LogP contribution is -2.63. The number of primary amides is 2. The Morgan fingerprint density at radius 3 is 1.43 bits per heavy atom. The van der Waals surface area contributed by atoms with Crippen LogP contribution in [0.5, 0.6) is 0 Å². The second-order valence-corrected chi connectivity index (χ2v) is 25.0. The van der Waals surface area contributed by atoms with Crippen molar-refractivity contribution in [3.8, 4) is 0 Å². The third-order valence-corrected chi connectivity index (χ3v) is 15.9. The van der Waals surface area contributed by atoms with Crippen LogP contribution < -0.4 is 88.4 Å². The summed E-state index contributed by atoms with van der Waals surface area (Å²) in [6.45, 7) is 9.99. The lowest BCUT2D eigenvalue weighted by atomic mass is 10.00. The molecule has 0 unspecified atom stereocenters. The SMILES string of the molecule is CC(C)C[C@H](NC(=O)[C@H](CC(N)=O)NC(=O)[C@H](CC(C)C)NC(=O)[C@@H](NC(=O)[C@@H](NC(=O)[C@@H]1CCCN1C(=O)[C@H](CCCN=C(N)N)NC(=O)[C@H](CCCCN)NC(=O)[C@@H]1CCCN1C(=O)[C@@H](N)CCCN=C(N)N)[C@@H](C)O)[C@@H](C)O)C(=O)N[C@@H](Cc1ccccc1)C(N)=O. The highest BCUT2D eigenvalue weighted by Crippen LogP contribution is 2.23. The number of nitrogens with zero attached hydrogens (tertiary/aromatic N) is 4. The maximum Gasteiger partial charge on any atom is 0.245 e. The second-order valence-electron chi connectivity index (χ2n) is 25.0. The number of unbranched alkanes of at least 4 members (excludes halogenated alkanes) is 1. The summed E-state index contributed by atoms with van der Waals surface area (Å²) in [6, 6.07) is -6.51. The van der Waals surface area contributed by atoms with Gasteiger partial charge >= 0.3 is 0 Å². The van der Waals surface area contributed by atoms with Gasteiger partial charge in [-0.15, -0.1) is 0 Å². The molecule has 13 atom stereocenters. The van der Waals surface area contributed by atoms with Gasteiger partial charge in [0.25, 0.3) is 0 Å². The quantitative estimate of drug-likeness (QED) is 0.0165. The van der Waals surface area contributed by atoms with Crippen molar-refractivity contribution in [2.24, 2.45) is 67.7 Å². The van der Waals surface area contributed by atoms with E-state index in [0.29, 0.717) is 31.2 Å². The number of nitrogens with one attached hydrogen (secondary N) is 8. The highest BCUT2D eigenvalue weighted by atomic mass is 16.3. The molecule has 0 radical (unpaired) electrons. The van der Waals surface area contributed by atoms with Crippen molar-refractivity contribution < 1.29 is 67.7 Å². The molecule has 34 heteroatoms. The predicted octanol–water partition coefficient (Wildman–Crippen LogP) is -6.13. The molecule has 12 amide bonds. The number of carbonyl (C=O) groups is 12. The lowest BCUT2D eigenvalue weighted by Gasteiger charge is -2.32. The van der Waals surface area contributed by atoms with Gasteiger partial charge in [-0.25, -0.2) is 0 Å². The molecule has 26 N–H and O–H groups in total. The molecule has 2 aliphatic rings. The van der Waals surface area contributed by atoms with Crippen LogP contribution in [0.4, 0.5) is 0 Å². The largest absolute Gasteiger partial charge is 0.391 e. The average molecular weight is 1340 g/mol. The Morgan fingerprint density at radius 1 is 0.505 bits per heavy atom. The topological polar surface area (TPSA) is 581 Å². The van der Waals surface area contributed by atoms with E-state index in [1.165, 1.54) is 9.80 Å². The minimum absolute atomic E-state index is 0.00508. The molecular weight excluding hydrogens is 1240 g/mol. The highest BCUT2D eigenvalue weighted by Gasteiger charge is 2.43. The number of aliphatic hydroxyl groups is 2. The molecule has 1 aromatic rings. The Kier molecular flexibility index (Phi) is 34.3. The zero-order chi connectivity index (χ0) is 71.2. The first-order valence-electron chi connectivity index (χ1n) is 32.3. The molecular formula is C61H104N20O14. The van der Waals surface area contributed by atoms with Crippen LogP contribution in [0.2, 0.25) is 0 Å². The van der Waals surface area contributed by atoms with E-state index in [9.17, 15) is 67.7 Å². The number of amides is 12. The summed E-state index contributed by atoms with van der Waals surface area (Å²) in [4.78, 5) is 176. The normalized spacial score (nSPS) is 17.9. The molecule has 0 aromatic heterocycles. The number of aliphatic imine (C=N–C) groups is 2. The summed E-state index contributed by atoms with van der Waals surface area (Å²) in [5.74, 6) is -11.4. The molecule has 2 aliphatic heterocycles. The summed E-state index contributed by atoms with van der Waals surface area (Å²) in [5.41, 5.74) is 45.8. The van der Waals surface area contributed by atoms with Crippen molar-refractivity contribution in [1.82, 2.24) is 52.3 Å². The molecule has 0 spiro atoms. The number of nitrogens with two attached hydrogens (primary N) is 8. The van der Waals surface area contributed by atoms with Gasteiger partial charge in [0.05, 0.1) is 24.7 Å². The fraction of sp³-hybridized carbons (Fsp3) is 0.672. The third-order valence-electron chi connectivity index (χ3n) is 15.9. The minimum Gasteiger partial charge on any atom is -0.391 e. The van der Waals surface area contributed by atoms with Gasteiger partial charge in [0.2, 0.25) is 70.9 Å². The van der Waals surface area contributed by atoms with Crippen molar-refractivity contribution in [3.05, 3.63) is 35.9 Å². The summed E-state index contributed by atoms with van der Waals surface area (Å²) >= 11 is 0. The molecule has 2 fully saturated rings. The smallest absolute Gasteiger partial charge is 0.245 e. The third kappa shape index (κ3) is 27.6. The minimum atomic E-state index is -1.87. The van der Waals surface area contributed by atoms with Gasteiger partial charge in [-0.2, -0.15) is 0 Å². The van der Waals surface area contributed by atoms with Gasteiger partial charge in [0, 0.05) is 32.6 Å². The van der Waals surface area contributed by atoms with Crippen molar-refractivity contribution in [1.29, 1.82) is 0 Å². The van der Waals surface area contributed by atoms with E-state index in [2.05, 4.69) is 52.5 Å². The molecule has 34 nitrogen and oxygen atoms in total. The van der Waals surface area contributed by atoms with Gasteiger partial charge < -0.3 is 108 Å². The Hall–Kier alpha value is -8.76. The van der Waals surface area contributed by atoms with Crippen LogP contribution in [0.3, 0.4) is 0 Å². The monoisotopic (exact) mass is 1340 g/mol. The van der Waals surface area contributed by atoms with E-state index >= 15 is 0 Å². The van der Waals surface area contributed by atoms with E-state index in [1.807, 2.05) is 0 Å². The Balaban J connectivity index is 1.83. The van der Waals surface area contributed by atoms with Crippen LogP contribution in [0.25, 0.3) is 0 Å². The number of aliphatic hydroxyl groups excluding tert-OH is 2. The van der Waals surface area contributed by atoms with Crippen molar-refractivity contribution in [2.45, 2.75) is 217 Å². The predicted molar refractivity (Wildman–Crippen MR) is 351 cm³/mol. The number of hydrogen-bond donors (Lipinski definition) is 18. The summed E-state index contributed by atoms with van der Waals surface area (Å²) < 4.78 is 0. The maximum atomic E-state index is 14.7. The highest BCUT2D eigenvalue weighted by molar-refractivity contribution is 6.00. The van der Waals surface area contributed by atoms with Gasteiger partial charge in [-0.3, -0.25) is 67.5 Å². The van der Waals surface area contributed by atoms with Crippen LogP contribution >= 0.6 is 0 Å². The summed E-state index contributed by atoms with van der Waals surface area (Å²) in [7, 11) is 0. The van der Waals surface area contributed by atoms with Crippen LogP contribution in [0.15, 0.2) is 40.3 Å². The van der Waals surface area contributed by atoms with Crippen LogP contribution in [0.1, 0.15) is 137 Å². The first-order valence-corrected chi connectivity index (χ1v) is 32.3. The second kappa shape index (κ2) is 40.5. The Labute approximate surface area is 553 Å². The van der Waals surface area contributed by atoms with Gasteiger partial charge in [0.1, 0.15) is 60.4 Å². The van der Waals surface area contributed by atoms with Crippen LogP contribution in [-0.2, 0) is 64.0 Å². The van der Waals surface area contributed by atoms with E-state index < -0.39 is 156 Å². The first-order chi connectivity index (χ1) is 44.8. The average Bonchev–Trinajstić information content (AvgIpc) is 1.77. The number of carbonyl (C=O) groups excluding carboxylic acids is 12. The molecule has 532 valence electrons. The summed E-state index contributed by atoms with van der Waals surface area (Å²) in [5, 5.41) is 42.3. The van der Waals surface area contributed by atoms with Crippen LogP contribution in [-0.4, -0.2) is 214 Å². The zero-order valence-corrected chi connectivity index (χ0v) is 55.4. The molecule has 2 saturated heterocycles. The number of rotatable bonds is 41. The molecule has 0 saturated carbocycles. The number of benzene rings is 1. The van der Waals surface area contributed by atoms with Crippen molar-refractivity contribution in [3.63, 3.8) is 0 Å². The zero-order valence-electron chi connectivity index (χ0n) is 55.4. The molecule has 2 heterocycles. The van der Waals surface area contributed by atoms with Gasteiger partial charge in [0.15, 0.2) is 11.9 Å². The number of hydrogen-bond acceptors (Lipinski definition) is 18. The fourth-order valence-corrected chi connectivity index (χ4v) is 11.0. The van der Waals surface area contributed by atoms with Gasteiger partial charge in [-0.1, -0.05) is 58.0 Å². The number of guanidine groups is 2. The molecule has 1 aromatic carbocycles. The first kappa shape index (κ1) is 80.5. The summed E-state index contributed by atoms with van der Waals surface area (Å²) in [6.07, 6.45) is -1.47. The molecule has 95 heavy (non-hydrogen) atoms. The maximum absolute atomic E-state index is 14.7. The number of likely N-dealkylation sites (tertiary alicyclic amines) is 2. The van der Waals surface area contributed by atoms with E-state index in [1.54, 1.807) is 58.0 Å².